The summed E-state index contributed by atoms with van der Waals surface area (Å²) in [6, 6.07) is 10.4. The Bertz CT molecular complexity index is 1030. The highest BCUT2D eigenvalue weighted by molar-refractivity contribution is 7.89. The quantitative estimate of drug-likeness (QED) is 0.572. The molecule has 0 spiro atoms. The SMILES string of the molecule is CC(=NNC(=O)c1cccc(S(=O)(=O)N2CCCC2)c1)c1cc(Cl)ccc1O. The summed E-state index contributed by atoms with van der Waals surface area (Å²) in [4.78, 5) is 12.5. The van der Waals surface area contributed by atoms with Crippen molar-refractivity contribution in [1.29, 1.82) is 0 Å². The summed E-state index contributed by atoms with van der Waals surface area (Å²) in [7, 11) is -3.61. The lowest BCUT2D eigenvalue weighted by Gasteiger charge is -2.15. The van der Waals surface area contributed by atoms with Crippen LogP contribution >= 0.6 is 11.6 Å². The van der Waals surface area contributed by atoms with E-state index in [-0.39, 0.29) is 16.2 Å². The summed E-state index contributed by atoms with van der Waals surface area (Å²) in [6.07, 6.45) is 1.67. The van der Waals surface area contributed by atoms with Gasteiger partial charge in [-0.05, 0) is 56.2 Å². The van der Waals surface area contributed by atoms with E-state index in [9.17, 15) is 18.3 Å². The van der Waals surface area contributed by atoms with Crippen LogP contribution in [-0.4, -0.2) is 42.5 Å². The van der Waals surface area contributed by atoms with Crippen LogP contribution in [0.25, 0.3) is 0 Å². The fraction of sp³-hybridized carbons (Fsp3) is 0.263. The van der Waals surface area contributed by atoms with Gasteiger partial charge in [0.1, 0.15) is 5.75 Å². The molecule has 9 heteroatoms. The number of phenolic OH excluding ortho intramolecular Hbond substituents is 1. The molecule has 2 N–H and O–H groups in total. The normalized spacial score (nSPS) is 15.6. The van der Waals surface area contributed by atoms with E-state index in [4.69, 9.17) is 11.6 Å². The van der Waals surface area contributed by atoms with Gasteiger partial charge in [0.2, 0.25) is 10.0 Å². The van der Waals surface area contributed by atoms with Gasteiger partial charge in [-0.15, -0.1) is 0 Å². The van der Waals surface area contributed by atoms with Crippen LogP contribution < -0.4 is 5.43 Å². The molecule has 1 aliphatic rings. The number of nitrogens with zero attached hydrogens (tertiary/aromatic N) is 2. The standard InChI is InChI=1S/C19H20ClN3O4S/c1-13(17-12-15(20)7-8-18(17)24)21-22-19(25)14-5-4-6-16(11-14)28(26,27)23-9-2-3-10-23/h4-8,11-12,24H,2-3,9-10H2,1H3,(H,22,25). The molecular weight excluding hydrogens is 402 g/mol. The average Bonchev–Trinajstić information content (AvgIpc) is 3.23. The Hall–Kier alpha value is -2.42. The monoisotopic (exact) mass is 421 g/mol. The molecule has 0 aliphatic carbocycles. The van der Waals surface area contributed by atoms with Crippen molar-refractivity contribution in [3.63, 3.8) is 0 Å². The van der Waals surface area contributed by atoms with E-state index >= 15 is 0 Å². The second kappa shape index (κ2) is 8.30. The molecule has 1 fully saturated rings. The Balaban J connectivity index is 1.79. The summed E-state index contributed by atoms with van der Waals surface area (Å²) in [5, 5.41) is 14.3. The van der Waals surface area contributed by atoms with Crippen LogP contribution in [0.3, 0.4) is 0 Å². The van der Waals surface area contributed by atoms with Gasteiger partial charge in [0.15, 0.2) is 0 Å². The molecule has 0 bridgehead atoms. The number of rotatable bonds is 5. The van der Waals surface area contributed by atoms with Crippen molar-refractivity contribution in [3.05, 3.63) is 58.6 Å². The van der Waals surface area contributed by atoms with E-state index in [1.165, 1.54) is 40.7 Å². The molecule has 28 heavy (non-hydrogen) atoms. The zero-order chi connectivity index (χ0) is 20.3. The highest BCUT2D eigenvalue weighted by atomic mass is 35.5. The molecule has 0 atom stereocenters. The largest absolute Gasteiger partial charge is 0.507 e. The first-order valence-corrected chi connectivity index (χ1v) is 10.5. The first-order valence-electron chi connectivity index (χ1n) is 8.73. The summed E-state index contributed by atoms with van der Waals surface area (Å²) in [5.41, 5.74) is 3.29. The summed E-state index contributed by atoms with van der Waals surface area (Å²) in [6.45, 7) is 2.59. The summed E-state index contributed by atoms with van der Waals surface area (Å²) < 4.78 is 26.7. The molecule has 1 aliphatic heterocycles. The highest BCUT2D eigenvalue weighted by Crippen LogP contribution is 2.23. The van der Waals surface area contributed by atoms with Crippen molar-refractivity contribution >= 4 is 33.2 Å². The van der Waals surface area contributed by atoms with Crippen LogP contribution in [0, 0.1) is 0 Å². The van der Waals surface area contributed by atoms with Crippen LogP contribution in [0.5, 0.6) is 5.75 Å². The third kappa shape index (κ3) is 4.35. The molecule has 1 amide bonds. The minimum absolute atomic E-state index is 0.0152. The fourth-order valence-corrected chi connectivity index (χ4v) is 4.67. The highest BCUT2D eigenvalue weighted by Gasteiger charge is 2.27. The lowest BCUT2D eigenvalue weighted by Crippen LogP contribution is -2.28. The second-order valence-corrected chi connectivity index (χ2v) is 8.81. The van der Waals surface area contributed by atoms with Gasteiger partial charge in [0.05, 0.1) is 10.6 Å². The predicted molar refractivity (Wildman–Crippen MR) is 107 cm³/mol. The molecule has 0 saturated carbocycles. The maximum atomic E-state index is 12.7. The minimum Gasteiger partial charge on any atom is -0.507 e. The van der Waals surface area contributed by atoms with Crippen LogP contribution in [-0.2, 0) is 10.0 Å². The molecule has 0 radical (unpaired) electrons. The van der Waals surface area contributed by atoms with E-state index in [1.807, 2.05) is 0 Å². The van der Waals surface area contributed by atoms with Crippen LogP contribution in [0.4, 0.5) is 0 Å². The molecule has 148 valence electrons. The zero-order valence-corrected chi connectivity index (χ0v) is 16.8. The Morgan fingerprint density at radius 1 is 1.18 bits per heavy atom. The van der Waals surface area contributed by atoms with E-state index in [0.717, 1.165) is 12.8 Å². The fourth-order valence-electron chi connectivity index (χ4n) is 2.93. The number of benzene rings is 2. The van der Waals surface area contributed by atoms with Gasteiger partial charge in [-0.2, -0.15) is 9.41 Å². The Morgan fingerprint density at radius 3 is 2.61 bits per heavy atom. The van der Waals surface area contributed by atoms with Gasteiger partial charge >= 0.3 is 0 Å². The number of hydrogen-bond donors (Lipinski definition) is 2. The van der Waals surface area contributed by atoms with Crippen LogP contribution in [0.2, 0.25) is 5.02 Å². The third-order valence-electron chi connectivity index (χ3n) is 4.47. The van der Waals surface area contributed by atoms with Gasteiger partial charge in [0.25, 0.3) is 5.91 Å². The molecule has 1 saturated heterocycles. The van der Waals surface area contributed by atoms with Gasteiger partial charge in [-0.1, -0.05) is 17.7 Å². The molecule has 3 rings (SSSR count). The number of carbonyl (C=O) groups is 1. The Labute approximate surface area is 168 Å². The zero-order valence-electron chi connectivity index (χ0n) is 15.2. The van der Waals surface area contributed by atoms with Gasteiger partial charge in [-0.25, -0.2) is 13.8 Å². The van der Waals surface area contributed by atoms with Crippen molar-refractivity contribution in [2.75, 3.05) is 13.1 Å². The number of aromatic hydroxyl groups is 1. The molecule has 7 nitrogen and oxygen atoms in total. The van der Waals surface area contributed by atoms with Crippen molar-refractivity contribution in [2.24, 2.45) is 5.10 Å². The maximum Gasteiger partial charge on any atom is 0.271 e. The van der Waals surface area contributed by atoms with Crippen LogP contribution in [0.1, 0.15) is 35.7 Å². The lowest BCUT2D eigenvalue weighted by molar-refractivity contribution is 0.0954. The predicted octanol–water partition coefficient (Wildman–Crippen LogP) is 2.98. The number of nitrogens with one attached hydrogen (secondary N) is 1. The molecule has 1 heterocycles. The van der Waals surface area contributed by atoms with Gasteiger partial charge in [-0.3, -0.25) is 4.79 Å². The number of amides is 1. The first-order chi connectivity index (χ1) is 13.3. The number of halogens is 1. The van der Waals surface area contributed by atoms with Crippen molar-refractivity contribution in [1.82, 2.24) is 9.73 Å². The molecule has 0 aromatic heterocycles. The topological polar surface area (TPSA) is 99.1 Å². The van der Waals surface area contributed by atoms with Crippen molar-refractivity contribution < 1.29 is 18.3 Å². The lowest BCUT2D eigenvalue weighted by atomic mass is 10.1. The van der Waals surface area contributed by atoms with E-state index in [2.05, 4.69) is 10.5 Å². The second-order valence-electron chi connectivity index (χ2n) is 6.44. The Kier molecular flexibility index (Phi) is 6.02. The first kappa shape index (κ1) is 20.3. The van der Waals surface area contributed by atoms with Crippen molar-refractivity contribution in [2.45, 2.75) is 24.7 Å². The van der Waals surface area contributed by atoms with Gasteiger partial charge in [0, 0.05) is 29.2 Å². The molecule has 2 aromatic carbocycles. The Morgan fingerprint density at radius 2 is 1.89 bits per heavy atom. The molecule has 2 aromatic rings. The number of hydrazone groups is 1. The number of phenols is 1. The average molecular weight is 422 g/mol. The third-order valence-corrected chi connectivity index (χ3v) is 6.60. The van der Waals surface area contributed by atoms with E-state index < -0.39 is 15.9 Å². The molecular formula is C19H20ClN3O4S. The number of sulfonamides is 1. The maximum absolute atomic E-state index is 12.7. The number of carbonyl (C=O) groups excluding carboxylic acids is 1. The minimum atomic E-state index is -3.61. The van der Waals surface area contributed by atoms with E-state index in [0.29, 0.717) is 29.4 Å². The van der Waals surface area contributed by atoms with Crippen molar-refractivity contribution in [3.8, 4) is 5.75 Å². The van der Waals surface area contributed by atoms with Crippen LogP contribution in [0.15, 0.2) is 52.5 Å². The van der Waals surface area contributed by atoms with E-state index in [1.54, 1.807) is 13.0 Å². The summed E-state index contributed by atoms with van der Waals surface area (Å²) >= 11 is 5.92. The summed E-state index contributed by atoms with van der Waals surface area (Å²) in [5.74, 6) is -0.571. The smallest absolute Gasteiger partial charge is 0.271 e. The molecule has 0 unspecified atom stereocenters. The van der Waals surface area contributed by atoms with Gasteiger partial charge < -0.3 is 5.11 Å². The number of hydrogen-bond acceptors (Lipinski definition) is 5.